The monoisotopic (exact) mass is 174 g/mol. The summed E-state index contributed by atoms with van der Waals surface area (Å²) in [6.45, 7) is 4.18. The minimum atomic E-state index is -0.383. The van der Waals surface area contributed by atoms with Gasteiger partial charge >= 0.3 is 5.97 Å². The first-order valence-corrected chi connectivity index (χ1v) is 3.68. The van der Waals surface area contributed by atoms with E-state index in [4.69, 9.17) is 9.47 Å². The molecule has 0 heterocycles. The van der Waals surface area contributed by atoms with Crippen LogP contribution in [0, 0.1) is 0 Å². The lowest BCUT2D eigenvalue weighted by molar-refractivity contribution is -0.147. The average Bonchev–Trinajstić information content (AvgIpc) is 2.09. The first-order chi connectivity index (χ1) is 5.81. The Morgan fingerprint density at radius 2 is 2.25 bits per heavy atom. The molecule has 4 nitrogen and oxygen atoms in total. The lowest BCUT2D eigenvalue weighted by atomic mass is 10.5. The average molecular weight is 174 g/mol. The molecular weight excluding hydrogens is 160 g/mol. The number of esters is 1. The standard InChI is InChI=1S/C8H14O4/c1-3-11-7-8(9)12-6-4-5-10-2/h3H,1,4-7H2,2H3. The fourth-order valence-electron chi connectivity index (χ4n) is 0.558. The van der Waals surface area contributed by atoms with Gasteiger partial charge in [-0.2, -0.15) is 0 Å². The number of hydrogen-bond donors (Lipinski definition) is 0. The van der Waals surface area contributed by atoms with Crippen molar-refractivity contribution in [1.82, 2.24) is 0 Å². The molecule has 0 saturated carbocycles. The number of rotatable bonds is 7. The second-order valence-electron chi connectivity index (χ2n) is 2.04. The molecule has 0 aromatic carbocycles. The summed E-state index contributed by atoms with van der Waals surface area (Å²) < 4.78 is 14.1. The summed E-state index contributed by atoms with van der Waals surface area (Å²) >= 11 is 0. The molecule has 70 valence electrons. The van der Waals surface area contributed by atoms with Gasteiger partial charge in [-0.05, 0) is 0 Å². The summed E-state index contributed by atoms with van der Waals surface area (Å²) in [5.41, 5.74) is 0. The van der Waals surface area contributed by atoms with Crippen molar-refractivity contribution >= 4 is 5.97 Å². The third-order valence-corrected chi connectivity index (χ3v) is 1.07. The molecule has 0 unspecified atom stereocenters. The van der Waals surface area contributed by atoms with Gasteiger partial charge in [0.2, 0.25) is 0 Å². The molecule has 0 amide bonds. The van der Waals surface area contributed by atoms with Crippen LogP contribution in [0.25, 0.3) is 0 Å². The predicted molar refractivity (Wildman–Crippen MR) is 43.6 cm³/mol. The summed E-state index contributed by atoms with van der Waals surface area (Å²) in [5.74, 6) is -0.383. The Morgan fingerprint density at radius 3 is 2.83 bits per heavy atom. The van der Waals surface area contributed by atoms with E-state index < -0.39 is 0 Å². The van der Waals surface area contributed by atoms with Crippen LogP contribution in [0.3, 0.4) is 0 Å². The lowest BCUT2D eigenvalue weighted by Crippen LogP contribution is -2.12. The van der Waals surface area contributed by atoms with Crippen molar-refractivity contribution in [2.75, 3.05) is 26.9 Å². The molecule has 0 rings (SSSR count). The molecule has 0 radical (unpaired) electrons. The zero-order valence-electron chi connectivity index (χ0n) is 7.25. The summed E-state index contributed by atoms with van der Waals surface area (Å²) in [7, 11) is 1.60. The molecule has 0 aromatic heterocycles. The largest absolute Gasteiger partial charge is 0.490 e. The van der Waals surface area contributed by atoms with Gasteiger partial charge in [0.05, 0.1) is 12.9 Å². The fourth-order valence-corrected chi connectivity index (χ4v) is 0.558. The van der Waals surface area contributed by atoms with E-state index in [1.807, 2.05) is 0 Å². The number of hydrogen-bond acceptors (Lipinski definition) is 4. The Kier molecular flexibility index (Phi) is 7.38. The van der Waals surface area contributed by atoms with Crippen LogP contribution in [0.4, 0.5) is 0 Å². The summed E-state index contributed by atoms with van der Waals surface area (Å²) in [6, 6.07) is 0. The molecule has 0 aliphatic heterocycles. The van der Waals surface area contributed by atoms with E-state index in [1.54, 1.807) is 7.11 Å². The van der Waals surface area contributed by atoms with Crippen molar-refractivity contribution in [3.8, 4) is 0 Å². The SMILES string of the molecule is C=COCC(=O)OCCCOC. The van der Waals surface area contributed by atoms with E-state index in [1.165, 1.54) is 6.26 Å². The highest BCUT2D eigenvalue weighted by molar-refractivity contribution is 5.70. The van der Waals surface area contributed by atoms with E-state index in [9.17, 15) is 4.79 Å². The summed E-state index contributed by atoms with van der Waals surface area (Å²) in [5, 5.41) is 0. The molecule has 0 N–H and O–H groups in total. The quantitative estimate of drug-likeness (QED) is 0.324. The Hall–Kier alpha value is -1.03. The number of carbonyl (C=O) groups is 1. The van der Waals surface area contributed by atoms with E-state index >= 15 is 0 Å². The summed E-state index contributed by atoms with van der Waals surface area (Å²) in [6.07, 6.45) is 1.91. The van der Waals surface area contributed by atoms with Crippen LogP contribution in [0.15, 0.2) is 12.8 Å². The van der Waals surface area contributed by atoms with Crippen molar-refractivity contribution in [2.45, 2.75) is 6.42 Å². The predicted octanol–water partition coefficient (Wildman–Crippen LogP) is 0.726. The highest BCUT2D eigenvalue weighted by Gasteiger charge is 2.00. The molecule has 0 atom stereocenters. The fraction of sp³-hybridized carbons (Fsp3) is 0.625. The van der Waals surface area contributed by atoms with Gasteiger partial charge in [0, 0.05) is 20.1 Å². The molecule has 0 fully saturated rings. The molecule has 4 heteroatoms. The van der Waals surface area contributed by atoms with Gasteiger partial charge in [-0.25, -0.2) is 4.79 Å². The molecular formula is C8H14O4. The van der Waals surface area contributed by atoms with Crippen LogP contribution in [-0.2, 0) is 19.0 Å². The topological polar surface area (TPSA) is 44.8 Å². The number of carbonyl (C=O) groups excluding carboxylic acids is 1. The Morgan fingerprint density at radius 1 is 1.50 bits per heavy atom. The maximum Gasteiger partial charge on any atom is 0.344 e. The first-order valence-electron chi connectivity index (χ1n) is 3.68. The number of methoxy groups -OCH3 is 1. The van der Waals surface area contributed by atoms with E-state index in [-0.39, 0.29) is 12.6 Å². The van der Waals surface area contributed by atoms with Crippen LogP contribution in [0.1, 0.15) is 6.42 Å². The Balaban J connectivity index is 3.13. The van der Waals surface area contributed by atoms with Crippen molar-refractivity contribution in [3.63, 3.8) is 0 Å². The molecule has 0 aliphatic carbocycles. The second-order valence-corrected chi connectivity index (χ2v) is 2.04. The maximum atomic E-state index is 10.7. The van der Waals surface area contributed by atoms with E-state index in [0.29, 0.717) is 19.6 Å². The molecule has 0 saturated heterocycles. The first kappa shape index (κ1) is 11.0. The zero-order valence-corrected chi connectivity index (χ0v) is 7.25. The minimum Gasteiger partial charge on any atom is -0.490 e. The normalized spacial score (nSPS) is 9.08. The van der Waals surface area contributed by atoms with Crippen LogP contribution in [0.2, 0.25) is 0 Å². The second kappa shape index (κ2) is 8.07. The molecule has 0 aromatic rings. The van der Waals surface area contributed by atoms with Crippen LogP contribution >= 0.6 is 0 Å². The summed E-state index contributed by atoms with van der Waals surface area (Å²) in [4.78, 5) is 10.7. The van der Waals surface area contributed by atoms with Crippen LogP contribution in [0.5, 0.6) is 0 Å². The van der Waals surface area contributed by atoms with Crippen molar-refractivity contribution < 1.29 is 19.0 Å². The number of ether oxygens (including phenoxy) is 3. The van der Waals surface area contributed by atoms with Crippen molar-refractivity contribution in [2.24, 2.45) is 0 Å². The highest BCUT2D eigenvalue weighted by atomic mass is 16.6. The minimum absolute atomic E-state index is 0.0729. The maximum absolute atomic E-state index is 10.7. The Bertz CT molecular complexity index is 133. The Labute approximate surface area is 72.1 Å². The third-order valence-electron chi connectivity index (χ3n) is 1.07. The van der Waals surface area contributed by atoms with Gasteiger partial charge in [0.25, 0.3) is 0 Å². The van der Waals surface area contributed by atoms with Crippen molar-refractivity contribution in [1.29, 1.82) is 0 Å². The molecule has 0 spiro atoms. The zero-order chi connectivity index (χ0) is 9.23. The van der Waals surface area contributed by atoms with E-state index in [0.717, 1.165) is 0 Å². The lowest BCUT2D eigenvalue weighted by Gasteiger charge is -2.03. The van der Waals surface area contributed by atoms with Gasteiger partial charge in [-0.3, -0.25) is 0 Å². The molecule has 12 heavy (non-hydrogen) atoms. The van der Waals surface area contributed by atoms with Crippen molar-refractivity contribution in [3.05, 3.63) is 12.8 Å². The molecule has 0 aliphatic rings. The van der Waals surface area contributed by atoms with Gasteiger partial charge in [0.1, 0.15) is 0 Å². The third kappa shape index (κ3) is 7.08. The van der Waals surface area contributed by atoms with Crippen LogP contribution in [-0.4, -0.2) is 32.9 Å². The van der Waals surface area contributed by atoms with Crippen LogP contribution < -0.4 is 0 Å². The van der Waals surface area contributed by atoms with Gasteiger partial charge in [0.15, 0.2) is 6.61 Å². The smallest absolute Gasteiger partial charge is 0.344 e. The highest BCUT2D eigenvalue weighted by Crippen LogP contribution is 1.86. The van der Waals surface area contributed by atoms with Gasteiger partial charge < -0.3 is 14.2 Å². The molecule has 0 bridgehead atoms. The van der Waals surface area contributed by atoms with Gasteiger partial charge in [-0.1, -0.05) is 6.58 Å². The van der Waals surface area contributed by atoms with E-state index in [2.05, 4.69) is 11.3 Å². The van der Waals surface area contributed by atoms with Gasteiger partial charge in [-0.15, -0.1) is 0 Å².